The molecule has 1 aromatic rings. The molecule has 0 radical (unpaired) electrons. The van der Waals surface area contributed by atoms with E-state index >= 15 is 0 Å². The maximum atomic E-state index is 9.30. The monoisotopic (exact) mass is 418 g/mol. The van der Waals surface area contributed by atoms with Crippen molar-refractivity contribution in [3.05, 3.63) is 40.0 Å². The zero-order chi connectivity index (χ0) is 16.3. The van der Waals surface area contributed by atoms with E-state index in [1.165, 1.54) is 5.56 Å². The van der Waals surface area contributed by atoms with E-state index in [2.05, 4.69) is 44.9 Å². The van der Waals surface area contributed by atoms with Crippen LogP contribution >= 0.6 is 22.6 Å². The highest BCUT2D eigenvalue weighted by Gasteiger charge is 2.21. The Hall–Kier alpha value is -0.590. The fourth-order valence-corrected chi connectivity index (χ4v) is 2.38. The lowest BCUT2D eigenvalue weighted by Gasteiger charge is -2.24. The number of ether oxygens (including phenoxy) is 1. The molecule has 0 unspecified atom stereocenters. The molecule has 0 fully saturated rings. The molecule has 0 aliphatic rings. The van der Waals surface area contributed by atoms with Gasteiger partial charge in [0.2, 0.25) is 0 Å². The summed E-state index contributed by atoms with van der Waals surface area (Å²) in [7, 11) is 0. The molecule has 0 bridgehead atoms. The number of allylic oxidation sites excluding steroid dienone is 1. The van der Waals surface area contributed by atoms with Gasteiger partial charge >= 0.3 is 0 Å². The number of unbranched alkanes of at least 4 members (excludes halogenated alkanes) is 2. The maximum Gasteiger partial charge on any atom is 0.119 e. The van der Waals surface area contributed by atoms with Crippen LogP contribution in [0.1, 0.15) is 38.2 Å². The molecule has 0 aliphatic heterocycles. The van der Waals surface area contributed by atoms with Crippen LogP contribution in [-0.2, 0) is 6.42 Å². The first-order valence-corrected chi connectivity index (χ1v) is 9.07. The fourth-order valence-electron chi connectivity index (χ4n) is 2.02. The van der Waals surface area contributed by atoms with Gasteiger partial charge < -0.3 is 14.9 Å². The van der Waals surface area contributed by atoms with Crippen molar-refractivity contribution >= 4 is 22.6 Å². The Labute approximate surface area is 147 Å². The van der Waals surface area contributed by atoms with Crippen molar-refractivity contribution in [1.82, 2.24) is 0 Å². The summed E-state index contributed by atoms with van der Waals surface area (Å²) in [4.78, 5) is 0. The van der Waals surface area contributed by atoms with Crippen LogP contribution < -0.4 is 4.74 Å². The molecule has 0 amide bonds. The Morgan fingerprint density at radius 2 is 1.82 bits per heavy atom. The first-order chi connectivity index (χ1) is 10.6. The SMILES string of the molecule is CC(CO)(CO)CCc1ccc(OCCCC/C=C\I)cc1. The van der Waals surface area contributed by atoms with E-state index in [0.717, 1.165) is 44.5 Å². The minimum absolute atomic E-state index is 0.0114. The minimum atomic E-state index is -0.401. The Kier molecular flexibility index (Phi) is 9.75. The lowest BCUT2D eigenvalue weighted by atomic mass is 9.86. The van der Waals surface area contributed by atoms with Crippen LogP contribution in [0.5, 0.6) is 5.75 Å². The second-order valence-electron chi connectivity index (χ2n) is 5.98. The molecule has 0 saturated heterocycles. The van der Waals surface area contributed by atoms with E-state index in [4.69, 9.17) is 4.74 Å². The van der Waals surface area contributed by atoms with Crippen molar-refractivity contribution in [2.24, 2.45) is 5.41 Å². The average molecular weight is 418 g/mol. The smallest absolute Gasteiger partial charge is 0.119 e. The third kappa shape index (κ3) is 7.61. The molecule has 4 heteroatoms. The number of aliphatic hydroxyl groups is 2. The molecule has 0 saturated carbocycles. The lowest BCUT2D eigenvalue weighted by Crippen LogP contribution is -2.26. The van der Waals surface area contributed by atoms with Crippen LogP contribution in [0.15, 0.2) is 34.4 Å². The standard InChI is InChI=1S/C18H27IO3/c1-18(14-20,15-21)11-10-16-6-8-17(9-7-16)22-13-5-3-2-4-12-19/h4,6-9,12,20-21H,2-3,5,10-11,13-15H2,1H3/b12-4-. The van der Waals surface area contributed by atoms with Crippen LogP contribution in [0.2, 0.25) is 0 Å². The van der Waals surface area contributed by atoms with Gasteiger partial charge in [-0.3, -0.25) is 0 Å². The topological polar surface area (TPSA) is 49.7 Å². The number of aryl methyl sites for hydroxylation is 1. The molecule has 0 aromatic heterocycles. The summed E-state index contributed by atoms with van der Waals surface area (Å²) in [5, 5.41) is 18.6. The number of rotatable bonds is 11. The molecule has 1 aromatic carbocycles. The summed E-state index contributed by atoms with van der Waals surface area (Å²) in [6, 6.07) is 8.11. The Morgan fingerprint density at radius 3 is 2.41 bits per heavy atom. The fraction of sp³-hybridized carbons (Fsp3) is 0.556. The van der Waals surface area contributed by atoms with Crippen LogP contribution in [0.3, 0.4) is 0 Å². The molecule has 0 aliphatic carbocycles. The third-order valence-corrected chi connectivity index (χ3v) is 4.34. The number of hydrogen-bond acceptors (Lipinski definition) is 3. The molecule has 0 atom stereocenters. The summed E-state index contributed by atoms with van der Waals surface area (Å²) < 4.78 is 7.77. The zero-order valence-corrected chi connectivity index (χ0v) is 15.5. The van der Waals surface area contributed by atoms with Crippen molar-refractivity contribution < 1.29 is 14.9 Å². The highest BCUT2D eigenvalue weighted by Crippen LogP contribution is 2.23. The van der Waals surface area contributed by atoms with Crippen molar-refractivity contribution in [3.63, 3.8) is 0 Å². The van der Waals surface area contributed by atoms with Gasteiger partial charge in [0.1, 0.15) is 5.75 Å². The molecule has 0 heterocycles. The summed E-state index contributed by atoms with van der Waals surface area (Å²) >= 11 is 2.24. The predicted molar refractivity (Wildman–Crippen MR) is 99.5 cm³/mol. The zero-order valence-electron chi connectivity index (χ0n) is 13.3. The largest absolute Gasteiger partial charge is 0.494 e. The summed E-state index contributed by atoms with van der Waals surface area (Å²) in [6.45, 7) is 2.67. The van der Waals surface area contributed by atoms with Crippen molar-refractivity contribution in [3.8, 4) is 5.75 Å². The van der Waals surface area contributed by atoms with E-state index in [-0.39, 0.29) is 13.2 Å². The predicted octanol–water partition coefficient (Wildman–Crippen LogP) is 4.11. The molecular weight excluding hydrogens is 391 g/mol. The lowest BCUT2D eigenvalue weighted by molar-refractivity contribution is 0.0631. The minimum Gasteiger partial charge on any atom is -0.494 e. The maximum absolute atomic E-state index is 9.30. The van der Waals surface area contributed by atoms with E-state index in [9.17, 15) is 10.2 Å². The van der Waals surface area contributed by atoms with Gasteiger partial charge in [-0.15, -0.1) is 0 Å². The van der Waals surface area contributed by atoms with E-state index in [1.807, 2.05) is 19.1 Å². The molecule has 0 spiro atoms. The first-order valence-electron chi connectivity index (χ1n) is 7.82. The Balaban J connectivity index is 2.31. The van der Waals surface area contributed by atoms with Gasteiger partial charge in [0, 0.05) is 5.41 Å². The number of hydrogen-bond donors (Lipinski definition) is 2. The number of benzene rings is 1. The van der Waals surface area contributed by atoms with Gasteiger partial charge in [-0.05, 0) is 53.9 Å². The highest BCUT2D eigenvalue weighted by atomic mass is 127. The van der Waals surface area contributed by atoms with Gasteiger partial charge in [0.25, 0.3) is 0 Å². The van der Waals surface area contributed by atoms with E-state index in [1.54, 1.807) is 0 Å². The van der Waals surface area contributed by atoms with Crippen LogP contribution in [0.4, 0.5) is 0 Å². The number of aliphatic hydroxyl groups excluding tert-OH is 2. The molecule has 3 nitrogen and oxygen atoms in total. The second-order valence-corrected chi connectivity index (χ2v) is 6.70. The summed E-state index contributed by atoms with van der Waals surface area (Å²) in [6.07, 6.45) is 7.11. The summed E-state index contributed by atoms with van der Waals surface area (Å²) in [5.74, 6) is 0.903. The number of halogens is 1. The molecule has 124 valence electrons. The molecule has 22 heavy (non-hydrogen) atoms. The molecule has 2 N–H and O–H groups in total. The molecular formula is C18H27IO3. The van der Waals surface area contributed by atoms with Crippen LogP contribution in [0.25, 0.3) is 0 Å². The quantitative estimate of drug-likeness (QED) is 0.420. The van der Waals surface area contributed by atoms with Gasteiger partial charge in [0.05, 0.1) is 19.8 Å². The van der Waals surface area contributed by atoms with E-state index in [0.29, 0.717) is 0 Å². The summed E-state index contributed by atoms with van der Waals surface area (Å²) in [5.41, 5.74) is 0.800. The molecule has 1 rings (SSSR count). The average Bonchev–Trinajstić information content (AvgIpc) is 2.57. The van der Waals surface area contributed by atoms with Crippen LogP contribution in [0, 0.1) is 5.41 Å². The van der Waals surface area contributed by atoms with Gasteiger partial charge in [0.15, 0.2) is 0 Å². The Bertz CT molecular complexity index is 424. The van der Waals surface area contributed by atoms with Crippen LogP contribution in [-0.4, -0.2) is 30.0 Å². The van der Waals surface area contributed by atoms with Gasteiger partial charge in [-0.1, -0.05) is 47.7 Å². The normalized spacial score (nSPS) is 12.0. The van der Waals surface area contributed by atoms with Gasteiger partial charge in [-0.2, -0.15) is 0 Å². The van der Waals surface area contributed by atoms with Crippen molar-refractivity contribution in [2.45, 2.75) is 39.0 Å². The van der Waals surface area contributed by atoms with Gasteiger partial charge in [-0.25, -0.2) is 0 Å². The van der Waals surface area contributed by atoms with Crippen molar-refractivity contribution in [2.75, 3.05) is 19.8 Å². The second kappa shape index (κ2) is 11.0. The van der Waals surface area contributed by atoms with E-state index < -0.39 is 5.41 Å². The third-order valence-electron chi connectivity index (χ3n) is 3.83. The Morgan fingerprint density at radius 1 is 1.14 bits per heavy atom. The first kappa shape index (κ1) is 19.5. The highest BCUT2D eigenvalue weighted by molar-refractivity contribution is 14.1. The van der Waals surface area contributed by atoms with Crippen molar-refractivity contribution in [1.29, 1.82) is 0 Å².